The van der Waals surface area contributed by atoms with Crippen LogP contribution in [0.25, 0.3) is 11.3 Å². The maximum absolute atomic E-state index is 12.6. The number of aromatic amines is 1. The van der Waals surface area contributed by atoms with Gasteiger partial charge in [0.05, 0.1) is 23.1 Å². The number of benzene rings is 2. The van der Waals surface area contributed by atoms with Crippen LogP contribution in [0.1, 0.15) is 15.9 Å². The Morgan fingerprint density at radius 1 is 1.12 bits per heavy atom. The number of nitrogens with zero attached hydrogens (tertiary/aromatic N) is 1. The van der Waals surface area contributed by atoms with E-state index in [2.05, 4.69) is 15.5 Å². The van der Waals surface area contributed by atoms with E-state index < -0.39 is 12.1 Å². The standard InChI is InChI=1S/C19H15N3O3/c23-18(16-10-13-8-4-5-9-14(13)19(24)25-16)21-15-11-20-22-17(15)12-6-2-1-3-7-12/h1-9,11,16H,10H2,(H,20,22)(H,21,23). The van der Waals surface area contributed by atoms with Crippen molar-refractivity contribution in [2.24, 2.45) is 0 Å². The Morgan fingerprint density at radius 3 is 2.72 bits per heavy atom. The average molecular weight is 333 g/mol. The van der Waals surface area contributed by atoms with Gasteiger partial charge in [-0.25, -0.2) is 4.79 Å². The van der Waals surface area contributed by atoms with E-state index in [9.17, 15) is 9.59 Å². The monoisotopic (exact) mass is 333 g/mol. The van der Waals surface area contributed by atoms with Crippen LogP contribution < -0.4 is 5.32 Å². The fraction of sp³-hybridized carbons (Fsp3) is 0.105. The molecule has 0 fully saturated rings. The third-order valence-corrected chi connectivity index (χ3v) is 4.14. The lowest BCUT2D eigenvalue weighted by atomic mass is 9.98. The molecule has 0 aliphatic carbocycles. The Labute approximate surface area is 143 Å². The topological polar surface area (TPSA) is 84.1 Å². The molecule has 1 unspecified atom stereocenters. The molecule has 2 aromatic carbocycles. The SMILES string of the molecule is O=C1OC(C(=O)Nc2cn[nH]c2-c2ccccc2)Cc2ccccc21. The molecule has 1 aliphatic heterocycles. The van der Waals surface area contributed by atoms with E-state index in [1.165, 1.54) is 0 Å². The summed E-state index contributed by atoms with van der Waals surface area (Å²) < 4.78 is 5.29. The molecule has 1 atom stereocenters. The summed E-state index contributed by atoms with van der Waals surface area (Å²) in [4.78, 5) is 24.6. The second-order valence-corrected chi connectivity index (χ2v) is 5.77. The lowest BCUT2D eigenvalue weighted by Crippen LogP contribution is -2.38. The number of amides is 1. The van der Waals surface area contributed by atoms with E-state index in [1.54, 1.807) is 18.3 Å². The molecule has 0 spiro atoms. The Kier molecular flexibility index (Phi) is 3.78. The molecule has 0 bridgehead atoms. The maximum Gasteiger partial charge on any atom is 0.339 e. The molecule has 1 aromatic heterocycles. The molecule has 0 saturated heterocycles. The van der Waals surface area contributed by atoms with E-state index in [0.29, 0.717) is 23.4 Å². The number of esters is 1. The van der Waals surface area contributed by atoms with Crippen LogP contribution in [0.3, 0.4) is 0 Å². The molecule has 2 N–H and O–H groups in total. The number of H-pyrrole nitrogens is 1. The van der Waals surface area contributed by atoms with Crippen molar-refractivity contribution < 1.29 is 14.3 Å². The molecule has 6 heteroatoms. The quantitative estimate of drug-likeness (QED) is 0.722. The van der Waals surface area contributed by atoms with Gasteiger partial charge in [0, 0.05) is 12.0 Å². The van der Waals surface area contributed by atoms with Crippen LogP contribution in [0.4, 0.5) is 5.69 Å². The van der Waals surface area contributed by atoms with Crippen molar-refractivity contribution in [2.75, 3.05) is 5.32 Å². The van der Waals surface area contributed by atoms with Gasteiger partial charge in [0.1, 0.15) is 0 Å². The highest BCUT2D eigenvalue weighted by Gasteiger charge is 2.31. The van der Waals surface area contributed by atoms with E-state index >= 15 is 0 Å². The first-order valence-electron chi connectivity index (χ1n) is 7.91. The summed E-state index contributed by atoms with van der Waals surface area (Å²) in [6.45, 7) is 0. The molecule has 25 heavy (non-hydrogen) atoms. The van der Waals surface area contributed by atoms with Crippen molar-refractivity contribution in [3.05, 3.63) is 71.9 Å². The molecule has 6 nitrogen and oxygen atoms in total. The maximum atomic E-state index is 12.6. The van der Waals surface area contributed by atoms with Gasteiger partial charge in [0.2, 0.25) is 0 Å². The van der Waals surface area contributed by atoms with Crippen LogP contribution >= 0.6 is 0 Å². The predicted molar refractivity (Wildman–Crippen MR) is 92.0 cm³/mol. The predicted octanol–water partition coefficient (Wildman–Crippen LogP) is 2.80. The molecule has 1 aliphatic rings. The molecule has 0 radical (unpaired) electrons. The van der Waals surface area contributed by atoms with Gasteiger partial charge in [0.15, 0.2) is 6.10 Å². The van der Waals surface area contributed by atoms with E-state index in [1.807, 2.05) is 42.5 Å². The number of cyclic esters (lactones) is 1. The molecule has 124 valence electrons. The lowest BCUT2D eigenvalue weighted by Gasteiger charge is -2.23. The summed E-state index contributed by atoms with van der Waals surface area (Å²) in [6, 6.07) is 16.7. The number of fused-ring (bicyclic) bond motifs is 1. The van der Waals surface area contributed by atoms with Crippen LogP contribution in [0, 0.1) is 0 Å². The minimum Gasteiger partial charge on any atom is -0.448 e. The number of hydrogen-bond acceptors (Lipinski definition) is 4. The van der Waals surface area contributed by atoms with Crippen LogP contribution in [-0.2, 0) is 16.0 Å². The van der Waals surface area contributed by atoms with Gasteiger partial charge in [-0.3, -0.25) is 9.89 Å². The number of aromatic nitrogens is 2. The van der Waals surface area contributed by atoms with Crippen molar-refractivity contribution in [1.29, 1.82) is 0 Å². The lowest BCUT2D eigenvalue weighted by molar-refractivity contribution is -0.125. The number of rotatable bonds is 3. The van der Waals surface area contributed by atoms with E-state index in [4.69, 9.17) is 4.74 Å². The molecule has 0 saturated carbocycles. The normalized spacial score (nSPS) is 16.0. The van der Waals surface area contributed by atoms with Crippen molar-refractivity contribution >= 4 is 17.6 Å². The average Bonchev–Trinajstić information content (AvgIpc) is 3.10. The summed E-state index contributed by atoms with van der Waals surface area (Å²) in [7, 11) is 0. The van der Waals surface area contributed by atoms with Crippen molar-refractivity contribution in [3.63, 3.8) is 0 Å². The van der Waals surface area contributed by atoms with Crippen molar-refractivity contribution in [3.8, 4) is 11.3 Å². The summed E-state index contributed by atoms with van der Waals surface area (Å²) in [5, 5.41) is 9.68. The van der Waals surface area contributed by atoms with Crippen LogP contribution in [0.5, 0.6) is 0 Å². The zero-order valence-electron chi connectivity index (χ0n) is 13.2. The van der Waals surface area contributed by atoms with Gasteiger partial charge in [-0.15, -0.1) is 0 Å². The number of ether oxygens (including phenoxy) is 1. The second kappa shape index (κ2) is 6.24. The summed E-state index contributed by atoms with van der Waals surface area (Å²) in [5.74, 6) is -0.848. The number of hydrogen-bond donors (Lipinski definition) is 2. The number of carbonyl (C=O) groups is 2. The Morgan fingerprint density at radius 2 is 1.88 bits per heavy atom. The number of carbonyl (C=O) groups excluding carboxylic acids is 2. The highest BCUT2D eigenvalue weighted by Crippen LogP contribution is 2.26. The van der Waals surface area contributed by atoms with E-state index in [-0.39, 0.29) is 5.91 Å². The Hall–Kier alpha value is -3.41. The summed E-state index contributed by atoms with van der Waals surface area (Å²) in [6.07, 6.45) is 1.03. The molecular formula is C19H15N3O3. The molecule has 3 aromatic rings. The first-order chi connectivity index (χ1) is 12.2. The number of anilines is 1. The first kappa shape index (κ1) is 15.1. The largest absolute Gasteiger partial charge is 0.448 e. The fourth-order valence-corrected chi connectivity index (χ4v) is 2.90. The van der Waals surface area contributed by atoms with Gasteiger partial charge in [-0.2, -0.15) is 5.10 Å². The van der Waals surface area contributed by atoms with Gasteiger partial charge < -0.3 is 10.1 Å². The highest BCUT2D eigenvalue weighted by molar-refractivity contribution is 6.01. The molecule has 2 heterocycles. The summed E-state index contributed by atoms with van der Waals surface area (Å²) >= 11 is 0. The Balaban J connectivity index is 1.55. The Bertz CT molecular complexity index is 934. The fourth-order valence-electron chi connectivity index (χ4n) is 2.90. The highest BCUT2D eigenvalue weighted by atomic mass is 16.5. The minimum absolute atomic E-state index is 0.353. The van der Waals surface area contributed by atoms with Gasteiger partial charge in [0.25, 0.3) is 5.91 Å². The third-order valence-electron chi connectivity index (χ3n) is 4.14. The van der Waals surface area contributed by atoms with Crippen LogP contribution in [0.15, 0.2) is 60.8 Å². The van der Waals surface area contributed by atoms with Gasteiger partial charge in [-0.05, 0) is 11.6 Å². The number of nitrogens with one attached hydrogen (secondary N) is 2. The smallest absolute Gasteiger partial charge is 0.339 e. The van der Waals surface area contributed by atoms with E-state index in [0.717, 1.165) is 11.1 Å². The third kappa shape index (κ3) is 2.89. The van der Waals surface area contributed by atoms with Crippen LogP contribution in [-0.4, -0.2) is 28.2 Å². The zero-order chi connectivity index (χ0) is 17.2. The van der Waals surface area contributed by atoms with Gasteiger partial charge >= 0.3 is 5.97 Å². The zero-order valence-corrected chi connectivity index (χ0v) is 13.2. The first-order valence-corrected chi connectivity index (χ1v) is 7.91. The molecule has 4 rings (SSSR count). The van der Waals surface area contributed by atoms with Crippen molar-refractivity contribution in [2.45, 2.75) is 12.5 Å². The van der Waals surface area contributed by atoms with Gasteiger partial charge in [-0.1, -0.05) is 48.5 Å². The summed E-state index contributed by atoms with van der Waals surface area (Å²) in [5.41, 5.74) is 3.48. The molecule has 1 amide bonds. The minimum atomic E-state index is -0.860. The molecular weight excluding hydrogens is 318 g/mol. The van der Waals surface area contributed by atoms with Crippen LogP contribution in [0.2, 0.25) is 0 Å². The van der Waals surface area contributed by atoms with Crippen molar-refractivity contribution in [1.82, 2.24) is 10.2 Å². The second-order valence-electron chi connectivity index (χ2n) is 5.77.